The topological polar surface area (TPSA) is 21.7 Å². The Hall–Kier alpha value is -1.06. The molecular weight excluding hydrogens is 250 g/mol. The van der Waals surface area contributed by atoms with Crippen molar-refractivity contribution in [2.45, 2.75) is 50.4 Å². The Bertz CT molecular complexity index is 476. The Morgan fingerprint density at radius 1 is 1.35 bits per heavy atom. The number of likely N-dealkylation sites (N-methyl/N-ethyl adjacent to an activating group) is 1. The quantitative estimate of drug-likeness (QED) is 0.827. The fourth-order valence-corrected chi connectivity index (χ4v) is 4.06. The van der Waals surface area contributed by atoms with Crippen molar-refractivity contribution in [3.63, 3.8) is 0 Å². The molecule has 2 aliphatic rings. The van der Waals surface area contributed by atoms with Gasteiger partial charge in [-0.25, -0.2) is 0 Å². The van der Waals surface area contributed by atoms with Gasteiger partial charge in [0.05, 0.1) is 13.2 Å². The number of ether oxygens (including phenoxy) is 2. The zero-order valence-electron chi connectivity index (χ0n) is 12.8. The Kier molecular flexibility index (Phi) is 3.74. The SMILES string of the molecule is COc1cccc([C@@]23CCCC[C@@H]2N(C)C[C@@H](C)O3)c1. The number of hydrogen-bond acceptors (Lipinski definition) is 3. The van der Waals surface area contributed by atoms with E-state index < -0.39 is 0 Å². The molecule has 0 N–H and O–H groups in total. The van der Waals surface area contributed by atoms with Crippen molar-refractivity contribution in [1.29, 1.82) is 0 Å². The van der Waals surface area contributed by atoms with Crippen LogP contribution in [0.3, 0.4) is 0 Å². The minimum atomic E-state index is -0.154. The fraction of sp³-hybridized carbons (Fsp3) is 0.647. The summed E-state index contributed by atoms with van der Waals surface area (Å²) in [6, 6.07) is 8.93. The molecule has 0 spiro atoms. The first kappa shape index (κ1) is 13.9. The Labute approximate surface area is 121 Å². The molecule has 0 unspecified atom stereocenters. The first-order chi connectivity index (χ1) is 9.65. The van der Waals surface area contributed by atoms with E-state index in [0.717, 1.165) is 18.7 Å². The van der Waals surface area contributed by atoms with Crippen LogP contribution in [0.4, 0.5) is 0 Å². The van der Waals surface area contributed by atoms with Gasteiger partial charge in [-0.15, -0.1) is 0 Å². The van der Waals surface area contributed by atoms with Crippen LogP contribution in [-0.4, -0.2) is 37.7 Å². The van der Waals surface area contributed by atoms with Gasteiger partial charge < -0.3 is 9.47 Å². The third-order valence-corrected chi connectivity index (χ3v) is 4.86. The van der Waals surface area contributed by atoms with Crippen molar-refractivity contribution < 1.29 is 9.47 Å². The van der Waals surface area contributed by atoms with Crippen LogP contribution in [0.1, 0.15) is 38.2 Å². The second-order valence-electron chi connectivity index (χ2n) is 6.25. The third-order valence-electron chi connectivity index (χ3n) is 4.86. The number of benzene rings is 1. The minimum absolute atomic E-state index is 0.154. The molecule has 0 radical (unpaired) electrons. The largest absolute Gasteiger partial charge is 0.497 e. The standard InChI is InChI=1S/C17H25NO2/c1-13-12-18(2)16-9-4-5-10-17(16,20-13)14-7-6-8-15(11-14)19-3/h6-8,11,13,16H,4-5,9-10,12H2,1-3H3/t13-,16+,17+/m1/s1. The first-order valence-electron chi connectivity index (χ1n) is 7.68. The van der Waals surface area contributed by atoms with Crippen LogP contribution in [0.15, 0.2) is 24.3 Å². The maximum Gasteiger partial charge on any atom is 0.119 e. The summed E-state index contributed by atoms with van der Waals surface area (Å²) < 4.78 is 11.9. The lowest BCUT2D eigenvalue weighted by Crippen LogP contribution is -2.60. The van der Waals surface area contributed by atoms with Crippen LogP contribution in [0.25, 0.3) is 0 Å². The number of hydrogen-bond donors (Lipinski definition) is 0. The fourth-order valence-electron chi connectivity index (χ4n) is 4.06. The molecule has 1 aromatic carbocycles. The highest BCUT2D eigenvalue weighted by Gasteiger charge is 2.49. The van der Waals surface area contributed by atoms with E-state index in [-0.39, 0.29) is 11.7 Å². The highest BCUT2D eigenvalue weighted by Crippen LogP contribution is 2.46. The molecule has 3 nitrogen and oxygen atoms in total. The van der Waals surface area contributed by atoms with E-state index in [0.29, 0.717) is 6.04 Å². The van der Waals surface area contributed by atoms with Crippen molar-refractivity contribution in [3.8, 4) is 5.75 Å². The van der Waals surface area contributed by atoms with Crippen LogP contribution >= 0.6 is 0 Å². The van der Waals surface area contributed by atoms with Gasteiger partial charge in [0.2, 0.25) is 0 Å². The van der Waals surface area contributed by atoms with Crippen LogP contribution in [0, 0.1) is 0 Å². The number of nitrogens with zero attached hydrogens (tertiary/aromatic N) is 1. The van der Waals surface area contributed by atoms with Gasteiger partial charge in [0.15, 0.2) is 0 Å². The van der Waals surface area contributed by atoms with Crippen LogP contribution < -0.4 is 4.74 Å². The molecule has 3 rings (SSSR count). The van der Waals surface area contributed by atoms with Crippen molar-refractivity contribution in [2.24, 2.45) is 0 Å². The van der Waals surface area contributed by atoms with Gasteiger partial charge in [0, 0.05) is 12.6 Å². The van der Waals surface area contributed by atoms with Crippen molar-refractivity contribution in [2.75, 3.05) is 20.7 Å². The Balaban J connectivity index is 2.03. The molecular formula is C17H25NO2. The van der Waals surface area contributed by atoms with E-state index in [1.165, 1.54) is 24.8 Å². The van der Waals surface area contributed by atoms with Gasteiger partial charge in [0.25, 0.3) is 0 Å². The number of methoxy groups -OCH3 is 1. The monoisotopic (exact) mass is 275 g/mol. The molecule has 3 heteroatoms. The van der Waals surface area contributed by atoms with Crippen molar-refractivity contribution in [1.82, 2.24) is 4.90 Å². The molecule has 1 saturated carbocycles. The summed E-state index contributed by atoms with van der Waals surface area (Å²) in [6.07, 6.45) is 5.16. The number of morpholine rings is 1. The first-order valence-corrected chi connectivity index (χ1v) is 7.68. The molecule has 2 fully saturated rings. The normalized spacial score (nSPS) is 34.5. The van der Waals surface area contributed by atoms with E-state index in [4.69, 9.17) is 9.47 Å². The van der Waals surface area contributed by atoms with Gasteiger partial charge in [-0.2, -0.15) is 0 Å². The maximum absolute atomic E-state index is 6.54. The Morgan fingerprint density at radius 2 is 2.20 bits per heavy atom. The van der Waals surface area contributed by atoms with E-state index >= 15 is 0 Å². The molecule has 1 heterocycles. The summed E-state index contributed by atoms with van der Waals surface area (Å²) in [5.41, 5.74) is 1.12. The molecule has 1 saturated heterocycles. The average Bonchev–Trinajstić information content (AvgIpc) is 2.47. The molecule has 110 valence electrons. The van der Waals surface area contributed by atoms with Gasteiger partial charge in [-0.05, 0) is 44.5 Å². The summed E-state index contributed by atoms with van der Waals surface area (Å²) >= 11 is 0. The molecule has 0 bridgehead atoms. The van der Waals surface area contributed by atoms with E-state index in [9.17, 15) is 0 Å². The summed E-state index contributed by atoms with van der Waals surface area (Å²) in [5.74, 6) is 0.922. The lowest BCUT2D eigenvalue weighted by molar-refractivity contribution is -0.198. The molecule has 1 aromatic rings. The molecule has 3 atom stereocenters. The summed E-state index contributed by atoms with van der Waals surface area (Å²) in [4.78, 5) is 2.49. The predicted octanol–water partition coefficient (Wildman–Crippen LogP) is 3.18. The van der Waals surface area contributed by atoms with Crippen LogP contribution in [0.2, 0.25) is 0 Å². The second kappa shape index (κ2) is 5.38. The summed E-state index contributed by atoms with van der Waals surface area (Å²) in [5, 5.41) is 0. The highest BCUT2D eigenvalue weighted by molar-refractivity contribution is 5.34. The highest BCUT2D eigenvalue weighted by atomic mass is 16.5. The van der Waals surface area contributed by atoms with Gasteiger partial charge in [-0.3, -0.25) is 4.90 Å². The zero-order chi connectivity index (χ0) is 14.2. The minimum Gasteiger partial charge on any atom is -0.497 e. The Morgan fingerprint density at radius 3 is 3.00 bits per heavy atom. The molecule has 20 heavy (non-hydrogen) atoms. The van der Waals surface area contributed by atoms with E-state index in [1.54, 1.807) is 7.11 Å². The number of rotatable bonds is 2. The third kappa shape index (κ3) is 2.23. The van der Waals surface area contributed by atoms with Crippen molar-refractivity contribution >= 4 is 0 Å². The predicted molar refractivity (Wildman–Crippen MR) is 80.1 cm³/mol. The summed E-state index contributed by atoms with van der Waals surface area (Å²) in [6.45, 7) is 3.21. The van der Waals surface area contributed by atoms with E-state index in [1.807, 2.05) is 6.07 Å². The molecule has 0 aromatic heterocycles. The van der Waals surface area contributed by atoms with Gasteiger partial charge in [0.1, 0.15) is 11.4 Å². The average molecular weight is 275 g/mol. The second-order valence-corrected chi connectivity index (χ2v) is 6.25. The summed E-state index contributed by atoms with van der Waals surface area (Å²) in [7, 11) is 3.97. The van der Waals surface area contributed by atoms with Gasteiger partial charge >= 0.3 is 0 Å². The zero-order valence-corrected chi connectivity index (χ0v) is 12.8. The molecule has 0 amide bonds. The molecule has 1 aliphatic carbocycles. The van der Waals surface area contributed by atoms with Crippen LogP contribution in [0.5, 0.6) is 5.75 Å². The lowest BCUT2D eigenvalue weighted by atomic mass is 9.73. The number of fused-ring (bicyclic) bond motifs is 1. The van der Waals surface area contributed by atoms with Gasteiger partial charge in [-0.1, -0.05) is 25.0 Å². The van der Waals surface area contributed by atoms with Crippen molar-refractivity contribution in [3.05, 3.63) is 29.8 Å². The van der Waals surface area contributed by atoms with E-state index in [2.05, 4.69) is 37.1 Å². The maximum atomic E-state index is 6.54. The lowest BCUT2D eigenvalue weighted by Gasteiger charge is -2.53. The molecule has 1 aliphatic heterocycles. The smallest absolute Gasteiger partial charge is 0.119 e. The van der Waals surface area contributed by atoms with Crippen LogP contribution in [-0.2, 0) is 10.3 Å².